The molecule has 1 aliphatic heterocycles. The molecular weight excluding hydrogens is 309 g/mol. The summed E-state index contributed by atoms with van der Waals surface area (Å²) in [6.45, 7) is 0.225. The largest absolute Gasteiger partial charge is 0.323 e. The Kier molecular flexibility index (Phi) is 3.70. The molecule has 0 radical (unpaired) electrons. The molecule has 3 heterocycles. The Labute approximate surface area is 137 Å². The lowest BCUT2D eigenvalue weighted by atomic mass is 10.2. The van der Waals surface area contributed by atoms with Gasteiger partial charge in [-0.3, -0.25) is 9.36 Å². The number of aromatic nitrogens is 3. The predicted molar refractivity (Wildman–Crippen MR) is 88.8 cm³/mol. The number of pyridine rings is 1. The number of fused-ring (bicyclic) bond motifs is 1. The van der Waals surface area contributed by atoms with E-state index in [0.29, 0.717) is 11.5 Å². The first-order valence-electron chi connectivity index (χ1n) is 7.77. The van der Waals surface area contributed by atoms with Gasteiger partial charge in [0.15, 0.2) is 0 Å². The van der Waals surface area contributed by atoms with Gasteiger partial charge in [-0.25, -0.2) is 14.4 Å². The number of imidazole rings is 1. The van der Waals surface area contributed by atoms with Crippen molar-refractivity contribution in [2.24, 2.45) is 0 Å². The molecule has 1 saturated heterocycles. The van der Waals surface area contributed by atoms with Gasteiger partial charge >= 0.3 is 0 Å². The first-order valence-corrected chi connectivity index (χ1v) is 7.77. The van der Waals surface area contributed by atoms with Gasteiger partial charge in [0.05, 0.1) is 29.0 Å². The average Bonchev–Trinajstić information content (AvgIpc) is 3.22. The second-order valence-corrected chi connectivity index (χ2v) is 5.79. The van der Waals surface area contributed by atoms with Crippen molar-refractivity contribution in [3.63, 3.8) is 0 Å². The van der Waals surface area contributed by atoms with Gasteiger partial charge in [0.25, 0.3) is 0 Å². The van der Waals surface area contributed by atoms with Crippen LogP contribution in [0, 0.1) is 0 Å². The fourth-order valence-electron chi connectivity index (χ4n) is 2.87. The minimum absolute atomic E-state index is 0.207. The third-order valence-electron chi connectivity index (χ3n) is 4.11. The molecule has 122 valence electrons. The lowest BCUT2D eigenvalue weighted by Crippen LogP contribution is -2.35. The van der Waals surface area contributed by atoms with Gasteiger partial charge in [-0.2, -0.15) is 0 Å². The summed E-state index contributed by atoms with van der Waals surface area (Å²) in [6.07, 6.45) is 2.55. The van der Waals surface area contributed by atoms with E-state index < -0.39 is 12.2 Å². The number of amides is 1. The van der Waals surface area contributed by atoms with Crippen molar-refractivity contribution >= 4 is 22.6 Å². The smallest absolute Gasteiger partial charge is 0.241 e. The number of carbonyl (C=O) groups is 1. The summed E-state index contributed by atoms with van der Waals surface area (Å²) in [5.74, 6) is 0.474. The molecule has 0 aliphatic carbocycles. The van der Waals surface area contributed by atoms with E-state index in [1.54, 1.807) is 18.6 Å². The quantitative estimate of drug-likeness (QED) is 0.773. The molecule has 0 unspecified atom stereocenters. The van der Waals surface area contributed by atoms with Gasteiger partial charge in [-0.15, -0.1) is 0 Å². The van der Waals surface area contributed by atoms with Crippen molar-refractivity contribution in [2.45, 2.75) is 18.6 Å². The Morgan fingerprint density at radius 3 is 2.88 bits per heavy atom. The molecule has 1 aromatic carbocycles. The van der Waals surface area contributed by atoms with E-state index in [4.69, 9.17) is 0 Å². The fraction of sp³-hybridized carbons (Fsp3) is 0.235. The fourth-order valence-corrected chi connectivity index (χ4v) is 2.87. The minimum Gasteiger partial charge on any atom is -0.323 e. The van der Waals surface area contributed by atoms with Gasteiger partial charge in [0.1, 0.15) is 18.3 Å². The topological polar surface area (TPSA) is 71.8 Å². The molecule has 0 bridgehead atoms. The first-order chi connectivity index (χ1) is 11.7. The van der Waals surface area contributed by atoms with Crippen LogP contribution >= 0.6 is 0 Å². The number of nitrogens with one attached hydrogen (secondary N) is 2. The maximum Gasteiger partial charge on any atom is 0.241 e. The number of carbonyl (C=O) groups excluding carboxylic acids is 1. The number of halogens is 1. The molecule has 4 rings (SSSR count). The molecule has 1 aliphatic rings. The van der Waals surface area contributed by atoms with E-state index in [0.717, 1.165) is 11.0 Å². The molecule has 0 saturated carbocycles. The number of hydrogen-bond donors (Lipinski definition) is 2. The highest BCUT2D eigenvalue weighted by Gasteiger charge is 2.29. The van der Waals surface area contributed by atoms with Crippen LogP contribution in [0.15, 0.2) is 48.9 Å². The zero-order valence-corrected chi connectivity index (χ0v) is 12.8. The standard InChI is InChI=1S/C17H16FN5O/c18-11-7-14(19-8-11)17(24)22-12-5-6-16(20-9-12)23-10-21-13-3-1-2-4-15(13)23/h1-6,9-11,14,19H,7-8H2,(H,22,24)/t11-,14+/m0/s1. The van der Waals surface area contributed by atoms with Gasteiger partial charge in [0, 0.05) is 13.0 Å². The zero-order valence-electron chi connectivity index (χ0n) is 12.8. The van der Waals surface area contributed by atoms with Crippen LogP contribution in [0.25, 0.3) is 16.9 Å². The number of hydrogen-bond acceptors (Lipinski definition) is 4. The van der Waals surface area contributed by atoms with Crippen LogP contribution in [-0.2, 0) is 4.79 Å². The Bertz CT molecular complexity index is 876. The Balaban J connectivity index is 1.51. The molecule has 1 amide bonds. The Morgan fingerprint density at radius 1 is 1.25 bits per heavy atom. The van der Waals surface area contributed by atoms with Crippen molar-refractivity contribution in [1.29, 1.82) is 0 Å². The lowest BCUT2D eigenvalue weighted by molar-refractivity contribution is -0.117. The summed E-state index contributed by atoms with van der Waals surface area (Å²) < 4.78 is 15.0. The number of nitrogens with zero attached hydrogens (tertiary/aromatic N) is 3. The summed E-state index contributed by atoms with van der Waals surface area (Å²) in [5.41, 5.74) is 2.44. The second-order valence-electron chi connectivity index (χ2n) is 5.79. The summed E-state index contributed by atoms with van der Waals surface area (Å²) in [6, 6.07) is 10.9. The normalized spacial score (nSPS) is 20.4. The molecule has 6 nitrogen and oxygen atoms in total. The summed E-state index contributed by atoms with van der Waals surface area (Å²) >= 11 is 0. The number of benzene rings is 1. The van der Waals surface area contributed by atoms with Gasteiger partial charge in [-0.1, -0.05) is 12.1 Å². The van der Waals surface area contributed by atoms with Crippen molar-refractivity contribution in [3.8, 4) is 5.82 Å². The molecule has 2 N–H and O–H groups in total. The first kappa shape index (κ1) is 14.8. The van der Waals surface area contributed by atoms with Crippen LogP contribution in [0.4, 0.5) is 10.1 Å². The van der Waals surface area contributed by atoms with Gasteiger partial charge < -0.3 is 10.6 Å². The van der Waals surface area contributed by atoms with Crippen molar-refractivity contribution in [2.75, 3.05) is 11.9 Å². The molecule has 2 atom stereocenters. The molecular formula is C17H16FN5O. The molecule has 7 heteroatoms. The van der Waals surface area contributed by atoms with Gasteiger partial charge in [0.2, 0.25) is 5.91 Å². The van der Waals surface area contributed by atoms with E-state index in [1.807, 2.05) is 34.9 Å². The van der Waals surface area contributed by atoms with Crippen LogP contribution in [0.2, 0.25) is 0 Å². The maximum atomic E-state index is 13.1. The monoisotopic (exact) mass is 325 g/mol. The highest BCUT2D eigenvalue weighted by Crippen LogP contribution is 2.18. The Hall–Kier alpha value is -2.80. The average molecular weight is 325 g/mol. The molecule has 0 spiro atoms. The maximum absolute atomic E-state index is 13.1. The SMILES string of the molecule is O=C(Nc1ccc(-n2cnc3ccccc32)nc1)[C@H]1C[C@H](F)CN1. The van der Waals surface area contributed by atoms with E-state index in [1.165, 1.54) is 0 Å². The number of rotatable bonds is 3. The lowest BCUT2D eigenvalue weighted by Gasteiger charge is -2.11. The highest BCUT2D eigenvalue weighted by atomic mass is 19.1. The van der Waals surface area contributed by atoms with Crippen LogP contribution in [0.5, 0.6) is 0 Å². The highest BCUT2D eigenvalue weighted by molar-refractivity contribution is 5.95. The van der Waals surface area contributed by atoms with Crippen molar-refractivity contribution in [3.05, 3.63) is 48.9 Å². The van der Waals surface area contributed by atoms with Crippen LogP contribution in [-0.4, -0.2) is 39.2 Å². The molecule has 2 aromatic heterocycles. The van der Waals surface area contributed by atoms with Crippen LogP contribution in [0.3, 0.4) is 0 Å². The zero-order chi connectivity index (χ0) is 16.5. The summed E-state index contributed by atoms with van der Waals surface area (Å²) in [4.78, 5) is 20.8. The van der Waals surface area contributed by atoms with Crippen molar-refractivity contribution in [1.82, 2.24) is 19.9 Å². The van der Waals surface area contributed by atoms with Gasteiger partial charge in [-0.05, 0) is 24.3 Å². The van der Waals surface area contributed by atoms with E-state index >= 15 is 0 Å². The van der Waals surface area contributed by atoms with E-state index in [2.05, 4.69) is 20.6 Å². The third-order valence-corrected chi connectivity index (χ3v) is 4.11. The van der Waals surface area contributed by atoms with E-state index in [9.17, 15) is 9.18 Å². The minimum atomic E-state index is -0.962. The molecule has 1 fully saturated rings. The van der Waals surface area contributed by atoms with E-state index in [-0.39, 0.29) is 18.9 Å². The van der Waals surface area contributed by atoms with Crippen LogP contribution in [0.1, 0.15) is 6.42 Å². The Morgan fingerprint density at radius 2 is 2.12 bits per heavy atom. The number of para-hydroxylation sites is 2. The summed E-state index contributed by atoms with van der Waals surface area (Å²) in [5, 5.41) is 5.62. The van der Waals surface area contributed by atoms with Crippen LogP contribution < -0.4 is 10.6 Å². The second kappa shape index (κ2) is 6.01. The number of alkyl halides is 1. The predicted octanol–water partition coefficient (Wildman–Crippen LogP) is 2.06. The molecule has 3 aromatic rings. The van der Waals surface area contributed by atoms with Crippen molar-refractivity contribution < 1.29 is 9.18 Å². The number of anilines is 1. The third kappa shape index (κ3) is 2.74. The summed E-state index contributed by atoms with van der Waals surface area (Å²) in [7, 11) is 0. The molecule has 24 heavy (non-hydrogen) atoms.